The van der Waals surface area contributed by atoms with Gasteiger partial charge in [0, 0.05) is 18.5 Å². The Labute approximate surface area is 182 Å². The lowest BCUT2D eigenvalue weighted by Gasteiger charge is -2.21. The highest BCUT2D eigenvalue weighted by Gasteiger charge is 2.42. The van der Waals surface area contributed by atoms with Crippen LogP contribution in [0.2, 0.25) is 10.0 Å². The first kappa shape index (κ1) is 19.7. The van der Waals surface area contributed by atoms with Gasteiger partial charge in [-0.05, 0) is 35.2 Å². The molecule has 0 aliphatic carbocycles. The third kappa shape index (κ3) is 3.69. The van der Waals surface area contributed by atoms with Crippen LogP contribution in [0.5, 0.6) is 0 Å². The van der Waals surface area contributed by atoms with Crippen molar-refractivity contribution in [3.63, 3.8) is 0 Å². The van der Waals surface area contributed by atoms with Crippen molar-refractivity contribution in [2.45, 2.75) is 6.54 Å². The smallest absolute Gasteiger partial charge is 0.282 e. The third-order valence-corrected chi connectivity index (χ3v) is 6.26. The van der Waals surface area contributed by atoms with Crippen LogP contribution in [0, 0.1) is 0 Å². The number of benzene rings is 2. The summed E-state index contributed by atoms with van der Waals surface area (Å²) < 4.78 is 0. The maximum absolute atomic E-state index is 13.4. The van der Waals surface area contributed by atoms with Crippen molar-refractivity contribution >= 4 is 57.6 Å². The van der Waals surface area contributed by atoms with Crippen molar-refractivity contribution in [2.24, 2.45) is 0 Å². The molecule has 0 saturated heterocycles. The fourth-order valence-electron chi connectivity index (χ4n) is 3.31. The minimum absolute atomic E-state index is 0.286. The molecule has 0 unspecified atom stereocenters. The first-order chi connectivity index (χ1) is 14.0. The summed E-state index contributed by atoms with van der Waals surface area (Å²) in [5.41, 5.74) is 2.20. The molecular formula is C22H16Cl2N2O2S. The number of hydrogen-bond acceptors (Lipinski definition) is 4. The van der Waals surface area contributed by atoms with E-state index in [1.54, 1.807) is 12.1 Å². The van der Waals surface area contributed by atoms with Crippen LogP contribution >= 0.6 is 34.5 Å². The molecule has 0 atom stereocenters. The van der Waals surface area contributed by atoms with E-state index in [4.69, 9.17) is 23.2 Å². The molecule has 4 rings (SSSR count). The number of likely N-dealkylation sites (N-methyl/N-ethyl adjacent to an activating group) is 1. The largest absolute Gasteiger partial charge is 0.365 e. The van der Waals surface area contributed by atoms with Crippen molar-refractivity contribution in [1.82, 2.24) is 4.90 Å². The monoisotopic (exact) mass is 442 g/mol. The number of halogens is 2. The molecule has 2 aromatic carbocycles. The summed E-state index contributed by atoms with van der Waals surface area (Å²) >= 11 is 13.6. The second-order valence-electron chi connectivity index (χ2n) is 6.59. The Morgan fingerprint density at radius 1 is 0.931 bits per heavy atom. The van der Waals surface area contributed by atoms with Gasteiger partial charge in [0.1, 0.15) is 5.70 Å². The number of rotatable bonds is 5. The second kappa shape index (κ2) is 8.03. The van der Waals surface area contributed by atoms with E-state index in [0.29, 0.717) is 28.5 Å². The highest BCUT2D eigenvalue weighted by atomic mass is 35.5. The number of anilines is 1. The predicted molar refractivity (Wildman–Crippen MR) is 118 cm³/mol. The van der Waals surface area contributed by atoms with Gasteiger partial charge in [-0.2, -0.15) is 0 Å². The fourth-order valence-corrected chi connectivity index (χ4v) is 4.37. The van der Waals surface area contributed by atoms with E-state index < -0.39 is 0 Å². The van der Waals surface area contributed by atoms with Gasteiger partial charge >= 0.3 is 0 Å². The van der Waals surface area contributed by atoms with E-state index >= 15 is 0 Å². The number of imide groups is 1. The second-order valence-corrected chi connectivity index (χ2v) is 8.35. The van der Waals surface area contributed by atoms with E-state index in [9.17, 15) is 9.59 Å². The standard InChI is InChI=1S/C22H16Cl2N2O2S/c1-25(13-14-6-3-2-4-7-14)20-19(18-8-5-11-29-18)21(27)26(22(20)28)15-9-10-16(23)17(24)12-15/h2-12H,13H2,1H3. The highest BCUT2D eigenvalue weighted by Crippen LogP contribution is 2.38. The van der Waals surface area contributed by atoms with E-state index in [2.05, 4.69) is 0 Å². The van der Waals surface area contributed by atoms with E-state index in [-0.39, 0.29) is 16.8 Å². The number of amides is 2. The SMILES string of the molecule is CN(Cc1ccccc1)C1=C(c2cccs2)C(=O)N(c2ccc(Cl)c(Cl)c2)C1=O. The van der Waals surface area contributed by atoms with Crippen LogP contribution in [0.25, 0.3) is 5.57 Å². The van der Waals surface area contributed by atoms with Crippen LogP contribution in [-0.4, -0.2) is 23.8 Å². The van der Waals surface area contributed by atoms with Gasteiger partial charge < -0.3 is 4.90 Å². The highest BCUT2D eigenvalue weighted by molar-refractivity contribution is 7.11. The molecule has 3 aromatic rings. The summed E-state index contributed by atoms with van der Waals surface area (Å²) in [7, 11) is 1.82. The maximum atomic E-state index is 13.4. The van der Waals surface area contributed by atoms with Crippen molar-refractivity contribution < 1.29 is 9.59 Å². The van der Waals surface area contributed by atoms with Crippen molar-refractivity contribution in [3.05, 3.63) is 92.2 Å². The minimum Gasteiger partial charge on any atom is -0.365 e. The zero-order valence-electron chi connectivity index (χ0n) is 15.4. The van der Waals surface area contributed by atoms with E-state index in [1.807, 2.05) is 59.8 Å². The zero-order chi connectivity index (χ0) is 20.5. The quantitative estimate of drug-likeness (QED) is 0.491. The van der Waals surface area contributed by atoms with Gasteiger partial charge in [0.05, 0.1) is 21.3 Å². The van der Waals surface area contributed by atoms with Crippen LogP contribution in [0.1, 0.15) is 10.4 Å². The number of carbonyl (C=O) groups is 2. The molecule has 0 bridgehead atoms. The van der Waals surface area contributed by atoms with Crippen LogP contribution in [0.3, 0.4) is 0 Å². The summed E-state index contributed by atoms with van der Waals surface area (Å²) in [5, 5.41) is 2.53. The van der Waals surface area contributed by atoms with Crippen LogP contribution in [0.4, 0.5) is 5.69 Å². The molecular weight excluding hydrogens is 427 g/mol. The van der Waals surface area contributed by atoms with Gasteiger partial charge in [0.25, 0.3) is 11.8 Å². The number of carbonyl (C=O) groups excluding carboxylic acids is 2. The molecule has 1 aromatic heterocycles. The number of hydrogen-bond donors (Lipinski definition) is 0. The molecule has 0 fully saturated rings. The van der Waals surface area contributed by atoms with Crippen molar-refractivity contribution in [2.75, 3.05) is 11.9 Å². The van der Waals surface area contributed by atoms with Crippen molar-refractivity contribution in [3.8, 4) is 0 Å². The van der Waals surface area contributed by atoms with Gasteiger partial charge in [-0.25, -0.2) is 4.90 Å². The molecule has 2 amide bonds. The minimum atomic E-state index is -0.379. The van der Waals surface area contributed by atoms with Crippen LogP contribution < -0.4 is 4.90 Å². The fraction of sp³-hybridized carbons (Fsp3) is 0.0909. The molecule has 29 heavy (non-hydrogen) atoms. The third-order valence-electron chi connectivity index (χ3n) is 4.63. The molecule has 7 heteroatoms. The average molecular weight is 443 g/mol. The first-order valence-corrected chi connectivity index (χ1v) is 10.5. The first-order valence-electron chi connectivity index (χ1n) is 8.84. The topological polar surface area (TPSA) is 40.6 Å². The Balaban J connectivity index is 1.77. The molecule has 0 saturated carbocycles. The Kier molecular flexibility index (Phi) is 5.46. The summed E-state index contributed by atoms with van der Waals surface area (Å²) in [6.45, 7) is 0.499. The summed E-state index contributed by atoms with van der Waals surface area (Å²) in [6, 6.07) is 18.2. The number of thiophene rings is 1. The number of nitrogens with zero attached hydrogens (tertiary/aromatic N) is 2. The average Bonchev–Trinajstić information content (AvgIpc) is 3.31. The van der Waals surface area contributed by atoms with E-state index in [0.717, 1.165) is 15.3 Å². The molecule has 0 N–H and O–H groups in total. The van der Waals surface area contributed by atoms with Crippen LogP contribution in [0.15, 0.2) is 71.7 Å². The van der Waals surface area contributed by atoms with Gasteiger partial charge in [0.15, 0.2) is 0 Å². The maximum Gasteiger partial charge on any atom is 0.282 e. The lowest BCUT2D eigenvalue weighted by molar-refractivity contribution is -0.120. The summed E-state index contributed by atoms with van der Waals surface area (Å²) in [5.74, 6) is -0.749. The molecule has 0 radical (unpaired) electrons. The lowest BCUT2D eigenvalue weighted by Crippen LogP contribution is -2.34. The zero-order valence-corrected chi connectivity index (χ0v) is 17.8. The Hall–Kier alpha value is -2.60. The lowest BCUT2D eigenvalue weighted by atomic mass is 10.1. The predicted octanol–water partition coefficient (Wildman–Crippen LogP) is 5.47. The van der Waals surface area contributed by atoms with Gasteiger partial charge in [0.2, 0.25) is 0 Å². The van der Waals surface area contributed by atoms with Gasteiger partial charge in [-0.1, -0.05) is 59.6 Å². The molecule has 2 heterocycles. The Morgan fingerprint density at radius 3 is 2.34 bits per heavy atom. The Bertz CT molecular complexity index is 1110. The summed E-state index contributed by atoms with van der Waals surface area (Å²) in [6.07, 6.45) is 0. The molecule has 0 spiro atoms. The normalized spacial score (nSPS) is 14.1. The molecule has 146 valence electrons. The Morgan fingerprint density at radius 2 is 1.69 bits per heavy atom. The van der Waals surface area contributed by atoms with Gasteiger partial charge in [-0.15, -0.1) is 11.3 Å². The molecule has 1 aliphatic rings. The molecule has 4 nitrogen and oxygen atoms in total. The van der Waals surface area contributed by atoms with Gasteiger partial charge in [-0.3, -0.25) is 9.59 Å². The van der Waals surface area contributed by atoms with Crippen LogP contribution in [-0.2, 0) is 16.1 Å². The summed E-state index contributed by atoms with van der Waals surface area (Å²) in [4.78, 5) is 30.4. The van der Waals surface area contributed by atoms with Crippen molar-refractivity contribution in [1.29, 1.82) is 0 Å². The van der Waals surface area contributed by atoms with E-state index in [1.165, 1.54) is 17.4 Å². The molecule has 1 aliphatic heterocycles.